The molecule has 3 N–H and O–H groups in total. The first-order valence-electron chi connectivity index (χ1n) is 13.3. The molecule has 2 aliphatic rings. The van der Waals surface area contributed by atoms with E-state index >= 15 is 0 Å². The summed E-state index contributed by atoms with van der Waals surface area (Å²) in [6.07, 6.45) is 1.97. The molecule has 0 aliphatic carbocycles. The van der Waals surface area contributed by atoms with Crippen molar-refractivity contribution in [3.63, 3.8) is 0 Å². The molecule has 2 saturated heterocycles. The summed E-state index contributed by atoms with van der Waals surface area (Å²) in [5.74, 6) is -0.512. The number of nitrogens with one attached hydrogen (secondary N) is 1. The maximum Gasteiger partial charge on any atom is 0.245 e. The van der Waals surface area contributed by atoms with Crippen molar-refractivity contribution >= 4 is 35.2 Å². The van der Waals surface area contributed by atoms with Gasteiger partial charge in [-0.2, -0.15) is 0 Å². The third-order valence-corrected chi connectivity index (χ3v) is 8.01. The lowest BCUT2D eigenvalue weighted by Gasteiger charge is -2.45. The van der Waals surface area contributed by atoms with E-state index in [1.165, 1.54) is 5.56 Å². The Hall–Kier alpha value is -2.61. The number of nitrogens with zero attached hydrogens (tertiary/aromatic N) is 2. The zero-order valence-electron chi connectivity index (χ0n) is 22.5. The van der Waals surface area contributed by atoms with Crippen molar-refractivity contribution in [1.29, 1.82) is 0 Å². The molecule has 8 nitrogen and oxygen atoms in total. The van der Waals surface area contributed by atoms with Gasteiger partial charge < -0.3 is 20.9 Å². The standard InChI is InChI=1S/C28H41ClN4O4/c1-18(2)26(31-24(35)15-19-11-13-32(16-19)25(36)10-9-23(30)34)27(37)33-14-12-22(28(3,4)17-33)20-5-7-21(29)8-6-20/h5-8,18-19,22,26H,9-17H2,1-4H3,(H2,30,34)(H,31,35)/t19-,22?,26-/m1/s1. The van der Waals surface area contributed by atoms with Gasteiger partial charge in [-0.3, -0.25) is 19.2 Å². The fourth-order valence-corrected chi connectivity index (χ4v) is 5.80. The van der Waals surface area contributed by atoms with E-state index in [2.05, 4.69) is 31.3 Å². The summed E-state index contributed by atoms with van der Waals surface area (Å²) in [7, 11) is 0. The maximum atomic E-state index is 13.6. The number of nitrogens with two attached hydrogens (primary N) is 1. The molecule has 37 heavy (non-hydrogen) atoms. The fraction of sp³-hybridized carbons (Fsp3) is 0.643. The van der Waals surface area contributed by atoms with Gasteiger partial charge in [0.25, 0.3) is 0 Å². The van der Waals surface area contributed by atoms with Crippen molar-refractivity contribution in [1.82, 2.24) is 15.1 Å². The van der Waals surface area contributed by atoms with Gasteiger partial charge in [-0.05, 0) is 53.7 Å². The number of benzene rings is 1. The van der Waals surface area contributed by atoms with Crippen molar-refractivity contribution in [2.24, 2.45) is 23.0 Å². The predicted octanol–water partition coefficient (Wildman–Crippen LogP) is 3.33. The fourth-order valence-electron chi connectivity index (χ4n) is 5.68. The normalized spacial score (nSPS) is 22.1. The van der Waals surface area contributed by atoms with Crippen LogP contribution in [0.2, 0.25) is 5.02 Å². The molecule has 1 aromatic rings. The minimum Gasteiger partial charge on any atom is -0.370 e. The molecule has 204 valence electrons. The van der Waals surface area contributed by atoms with Gasteiger partial charge >= 0.3 is 0 Å². The molecule has 0 radical (unpaired) electrons. The summed E-state index contributed by atoms with van der Waals surface area (Å²) < 4.78 is 0. The quantitative estimate of drug-likeness (QED) is 0.508. The Kier molecular flexibility index (Phi) is 9.62. The minimum absolute atomic E-state index is 0.0341. The zero-order valence-corrected chi connectivity index (χ0v) is 23.2. The van der Waals surface area contributed by atoms with E-state index in [1.54, 1.807) is 4.90 Å². The summed E-state index contributed by atoms with van der Waals surface area (Å²) in [6, 6.07) is 7.37. The van der Waals surface area contributed by atoms with Crippen LogP contribution in [-0.4, -0.2) is 65.6 Å². The number of amides is 4. The number of likely N-dealkylation sites (tertiary alicyclic amines) is 2. The van der Waals surface area contributed by atoms with Crippen LogP contribution in [0.1, 0.15) is 71.3 Å². The van der Waals surface area contributed by atoms with E-state index in [0.29, 0.717) is 37.1 Å². The van der Waals surface area contributed by atoms with Gasteiger partial charge in [-0.15, -0.1) is 0 Å². The molecule has 0 saturated carbocycles. The second kappa shape index (κ2) is 12.3. The van der Waals surface area contributed by atoms with Gasteiger partial charge in [0, 0.05) is 50.5 Å². The highest BCUT2D eigenvalue weighted by molar-refractivity contribution is 6.30. The number of hydrogen-bond acceptors (Lipinski definition) is 4. The van der Waals surface area contributed by atoms with Gasteiger partial charge in [0.1, 0.15) is 6.04 Å². The summed E-state index contributed by atoms with van der Waals surface area (Å²) in [5.41, 5.74) is 6.24. The lowest BCUT2D eigenvalue weighted by molar-refractivity contribution is -0.141. The molecular formula is C28H41ClN4O4. The first-order valence-corrected chi connectivity index (χ1v) is 13.6. The number of carbonyl (C=O) groups excluding carboxylic acids is 4. The molecule has 2 fully saturated rings. The smallest absolute Gasteiger partial charge is 0.245 e. The molecule has 2 heterocycles. The first-order chi connectivity index (χ1) is 17.4. The third-order valence-electron chi connectivity index (χ3n) is 7.76. The largest absolute Gasteiger partial charge is 0.370 e. The summed E-state index contributed by atoms with van der Waals surface area (Å²) in [5, 5.41) is 3.70. The third kappa shape index (κ3) is 7.69. The zero-order chi connectivity index (χ0) is 27.3. The van der Waals surface area contributed by atoms with Crippen molar-refractivity contribution in [2.45, 2.75) is 71.8 Å². The summed E-state index contributed by atoms with van der Waals surface area (Å²) in [6.45, 7) is 10.6. The molecule has 3 rings (SSSR count). The Bertz CT molecular complexity index is 994. The number of primary amides is 1. The molecule has 3 atom stereocenters. The van der Waals surface area contributed by atoms with Gasteiger partial charge in [0.2, 0.25) is 23.6 Å². The second-order valence-corrected chi connectivity index (χ2v) is 12.0. The molecule has 1 unspecified atom stereocenters. The molecular weight excluding hydrogens is 492 g/mol. The van der Waals surface area contributed by atoms with Crippen LogP contribution in [0.4, 0.5) is 0 Å². The van der Waals surface area contributed by atoms with Gasteiger partial charge in [0.05, 0.1) is 0 Å². The summed E-state index contributed by atoms with van der Waals surface area (Å²) >= 11 is 6.07. The lowest BCUT2D eigenvalue weighted by Crippen LogP contribution is -2.56. The maximum absolute atomic E-state index is 13.6. The van der Waals surface area contributed by atoms with Crippen molar-refractivity contribution in [2.75, 3.05) is 26.2 Å². The van der Waals surface area contributed by atoms with Crippen LogP contribution in [0, 0.1) is 17.3 Å². The van der Waals surface area contributed by atoms with Gasteiger partial charge in [0.15, 0.2) is 0 Å². The Morgan fingerprint density at radius 2 is 1.70 bits per heavy atom. The Morgan fingerprint density at radius 1 is 1.05 bits per heavy atom. The number of hydrogen-bond donors (Lipinski definition) is 2. The van der Waals surface area contributed by atoms with Crippen molar-refractivity contribution < 1.29 is 19.2 Å². The lowest BCUT2D eigenvalue weighted by atomic mass is 9.70. The van der Waals surface area contributed by atoms with Crippen LogP contribution >= 0.6 is 11.6 Å². The van der Waals surface area contributed by atoms with Crippen LogP contribution in [0.3, 0.4) is 0 Å². The average molecular weight is 533 g/mol. The Morgan fingerprint density at radius 3 is 2.30 bits per heavy atom. The van der Waals surface area contributed by atoms with E-state index in [9.17, 15) is 19.2 Å². The molecule has 2 aliphatic heterocycles. The monoisotopic (exact) mass is 532 g/mol. The van der Waals surface area contributed by atoms with Crippen molar-refractivity contribution in [3.8, 4) is 0 Å². The Labute approximate surface area is 225 Å². The van der Waals surface area contributed by atoms with Crippen LogP contribution in [0.25, 0.3) is 0 Å². The number of carbonyl (C=O) groups is 4. The van der Waals surface area contributed by atoms with Gasteiger partial charge in [-0.25, -0.2) is 0 Å². The topological polar surface area (TPSA) is 113 Å². The van der Waals surface area contributed by atoms with E-state index in [0.717, 1.165) is 12.8 Å². The van der Waals surface area contributed by atoms with Crippen LogP contribution in [0.5, 0.6) is 0 Å². The van der Waals surface area contributed by atoms with E-state index in [1.807, 2.05) is 30.9 Å². The SMILES string of the molecule is CC(C)[C@@H](NC(=O)C[C@H]1CCN(C(=O)CCC(N)=O)C1)C(=O)N1CCC(c2ccc(Cl)cc2)C(C)(C)C1. The molecule has 0 aromatic heterocycles. The highest BCUT2D eigenvalue weighted by atomic mass is 35.5. The van der Waals surface area contributed by atoms with Crippen LogP contribution in [-0.2, 0) is 19.2 Å². The predicted molar refractivity (Wildman–Crippen MR) is 144 cm³/mol. The molecule has 0 spiro atoms. The van der Waals surface area contributed by atoms with Crippen LogP contribution < -0.4 is 11.1 Å². The first kappa shape index (κ1) is 29.0. The number of rotatable bonds is 9. The van der Waals surface area contributed by atoms with Gasteiger partial charge in [-0.1, -0.05) is 51.4 Å². The summed E-state index contributed by atoms with van der Waals surface area (Å²) in [4.78, 5) is 53.3. The molecule has 9 heteroatoms. The van der Waals surface area contributed by atoms with E-state index in [-0.39, 0.29) is 54.2 Å². The molecule has 1 aromatic carbocycles. The van der Waals surface area contributed by atoms with E-state index < -0.39 is 11.9 Å². The van der Waals surface area contributed by atoms with Crippen molar-refractivity contribution in [3.05, 3.63) is 34.9 Å². The van der Waals surface area contributed by atoms with Crippen LogP contribution in [0.15, 0.2) is 24.3 Å². The highest BCUT2D eigenvalue weighted by Crippen LogP contribution is 2.42. The Balaban J connectivity index is 1.55. The number of piperidine rings is 1. The molecule has 4 amide bonds. The second-order valence-electron chi connectivity index (χ2n) is 11.6. The number of halogens is 1. The highest BCUT2D eigenvalue weighted by Gasteiger charge is 2.40. The average Bonchev–Trinajstić information content (AvgIpc) is 3.29. The minimum atomic E-state index is -0.593. The van der Waals surface area contributed by atoms with E-state index in [4.69, 9.17) is 17.3 Å². The molecule has 0 bridgehead atoms.